The molecule has 256 valence electrons. The minimum Gasteiger partial charge on any atom is -0.489 e. The van der Waals surface area contributed by atoms with Gasteiger partial charge in [-0.1, -0.05) is 59.6 Å². The molecule has 0 unspecified atom stereocenters. The molecule has 8 nitrogen and oxygen atoms in total. The van der Waals surface area contributed by atoms with Crippen LogP contribution in [0.25, 0.3) is 0 Å². The Kier molecular flexibility index (Phi) is 11.4. The molecule has 1 aliphatic heterocycles. The van der Waals surface area contributed by atoms with Gasteiger partial charge in [-0.3, -0.25) is 9.78 Å². The maximum atomic E-state index is 13.9. The van der Waals surface area contributed by atoms with Crippen molar-refractivity contribution in [1.82, 2.24) is 9.88 Å². The fourth-order valence-electron chi connectivity index (χ4n) is 5.38. The number of nitrogens with one attached hydrogen (secondary N) is 1. The summed E-state index contributed by atoms with van der Waals surface area (Å²) in [7, 11) is 0. The Morgan fingerprint density at radius 1 is 0.980 bits per heavy atom. The molecule has 1 aliphatic carbocycles. The van der Waals surface area contributed by atoms with Crippen molar-refractivity contribution >= 4 is 52.5 Å². The second kappa shape index (κ2) is 16.1. The molecule has 3 aromatic carbocycles. The molecule has 0 spiro atoms. The van der Waals surface area contributed by atoms with Gasteiger partial charge in [0.2, 0.25) is 0 Å². The lowest BCUT2D eigenvalue weighted by Crippen LogP contribution is -2.40. The molecule has 2 fully saturated rings. The van der Waals surface area contributed by atoms with Gasteiger partial charge >= 0.3 is 12.6 Å². The lowest BCUT2D eigenvalue weighted by Gasteiger charge is -2.26. The van der Waals surface area contributed by atoms with E-state index in [4.69, 9.17) is 37.4 Å². The van der Waals surface area contributed by atoms with Crippen molar-refractivity contribution in [3.63, 3.8) is 0 Å². The van der Waals surface area contributed by atoms with Gasteiger partial charge in [0.1, 0.15) is 6.10 Å². The first-order chi connectivity index (χ1) is 23.7. The van der Waals surface area contributed by atoms with Gasteiger partial charge < -0.3 is 24.4 Å². The van der Waals surface area contributed by atoms with Crippen LogP contribution in [0.15, 0.2) is 85.2 Å². The van der Waals surface area contributed by atoms with Crippen LogP contribution < -0.4 is 14.8 Å². The zero-order valence-corrected chi connectivity index (χ0v) is 28.5. The van der Waals surface area contributed by atoms with Crippen molar-refractivity contribution in [2.75, 3.05) is 24.2 Å². The van der Waals surface area contributed by atoms with Crippen LogP contribution in [0.4, 0.5) is 14.5 Å². The molecule has 1 amide bonds. The van der Waals surface area contributed by atoms with Gasteiger partial charge in [-0.15, -0.1) is 11.8 Å². The number of amides is 1. The number of aromatic nitrogens is 1. The van der Waals surface area contributed by atoms with Gasteiger partial charge in [0.05, 0.1) is 16.7 Å². The van der Waals surface area contributed by atoms with Gasteiger partial charge in [0, 0.05) is 48.9 Å². The Bertz CT molecular complexity index is 1760. The number of rotatable bonds is 14. The number of ether oxygens (including phenoxy) is 3. The molecule has 2 atom stereocenters. The van der Waals surface area contributed by atoms with Crippen LogP contribution in [0.2, 0.25) is 10.0 Å². The van der Waals surface area contributed by atoms with Crippen molar-refractivity contribution in [2.45, 2.75) is 43.9 Å². The first-order valence-corrected chi connectivity index (χ1v) is 17.6. The number of esters is 1. The predicted octanol–water partition coefficient (Wildman–Crippen LogP) is 8.43. The SMILES string of the molecule is O=C(O[C@@H](Cc1c(Cl)cncc1Cl)c1ccc(OC(F)F)c(OCC2CC2)c1)[C@@H]1SCCN1C(=O)c1cccc(CNc2ccccc2)c1. The number of pyridine rings is 1. The number of carbonyl (C=O) groups excluding carboxylic acids is 2. The molecule has 0 bridgehead atoms. The molecule has 13 heteroatoms. The standard InChI is InChI=1S/C36H33Cl2F2N3O5S/c37-28-19-41-20-29(38)27(28)17-31(24-11-12-30(48-36(39)40)32(16-24)46-21-22-9-10-22)47-35(45)34-43(13-14-49-34)33(44)25-6-4-5-23(15-25)18-42-26-7-2-1-3-8-26/h1-8,11-12,15-16,19-20,22,31,34,36,42H,9-10,13-14,17-18,21H2/t31-,34-/m0/s1. The van der Waals surface area contributed by atoms with Crippen LogP contribution in [0.1, 0.15) is 46.0 Å². The van der Waals surface area contributed by atoms with Crippen LogP contribution >= 0.6 is 35.0 Å². The fourth-order valence-corrected chi connectivity index (χ4v) is 7.00. The largest absolute Gasteiger partial charge is 0.489 e. The average molecular weight is 729 g/mol. The fraction of sp³-hybridized carbons (Fsp3) is 0.306. The number of thioether (sulfide) groups is 1. The molecule has 0 radical (unpaired) electrons. The zero-order valence-electron chi connectivity index (χ0n) is 26.2. The highest BCUT2D eigenvalue weighted by molar-refractivity contribution is 8.00. The number of hydrogen-bond donors (Lipinski definition) is 1. The average Bonchev–Trinajstić information content (AvgIpc) is 3.80. The number of hydrogen-bond acceptors (Lipinski definition) is 8. The van der Waals surface area contributed by atoms with Crippen LogP contribution in [0.3, 0.4) is 0 Å². The summed E-state index contributed by atoms with van der Waals surface area (Å²) in [6.45, 7) is -1.85. The number of alkyl halides is 2. The lowest BCUT2D eigenvalue weighted by atomic mass is 10.0. The van der Waals surface area contributed by atoms with Gasteiger partial charge in [-0.25, -0.2) is 4.79 Å². The molecule has 6 rings (SSSR count). The lowest BCUT2D eigenvalue weighted by molar-refractivity contribution is -0.151. The summed E-state index contributed by atoms with van der Waals surface area (Å²) in [5, 5.41) is 2.96. The summed E-state index contributed by atoms with van der Waals surface area (Å²) >= 11 is 14.2. The smallest absolute Gasteiger partial charge is 0.387 e. The van der Waals surface area contributed by atoms with Crippen molar-refractivity contribution in [3.8, 4) is 11.5 Å². The quantitative estimate of drug-likeness (QED) is 0.130. The summed E-state index contributed by atoms with van der Waals surface area (Å²) in [5.74, 6) is -0.0892. The van der Waals surface area contributed by atoms with E-state index in [-0.39, 0.29) is 33.9 Å². The molecular weight excluding hydrogens is 695 g/mol. The van der Waals surface area contributed by atoms with E-state index in [1.807, 2.05) is 48.5 Å². The number of para-hydroxylation sites is 1. The predicted molar refractivity (Wildman–Crippen MR) is 186 cm³/mol. The third kappa shape index (κ3) is 9.14. The Hall–Kier alpha value is -4.06. The van der Waals surface area contributed by atoms with Crippen LogP contribution in [0, 0.1) is 5.92 Å². The van der Waals surface area contributed by atoms with E-state index in [1.165, 1.54) is 47.3 Å². The Morgan fingerprint density at radius 3 is 2.49 bits per heavy atom. The van der Waals surface area contributed by atoms with Gasteiger partial charge in [-0.2, -0.15) is 8.78 Å². The molecule has 1 N–H and O–H groups in total. The molecule has 1 saturated carbocycles. The highest BCUT2D eigenvalue weighted by Gasteiger charge is 2.38. The maximum Gasteiger partial charge on any atom is 0.387 e. The Labute approximate surface area is 297 Å². The number of benzene rings is 3. The van der Waals surface area contributed by atoms with Gasteiger partial charge in [-0.05, 0) is 71.8 Å². The van der Waals surface area contributed by atoms with E-state index >= 15 is 0 Å². The van der Waals surface area contributed by atoms with E-state index in [0.29, 0.717) is 48.1 Å². The van der Waals surface area contributed by atoms with E-state index in [1.54, 1.807) is 6.07 Å². The number of nitrogens with zero attached hydrogens (tertiary/aromatic N) is 2. The first kappa shape index (κ1) is 34.8. The van der Waals surface area contributed by atoms with Crippen molar-refractivity contribution < 1.29 is 32.6 Å². The third-order valence-electron chi connectivity index (χ3n) is 8.13. The molecule has 2 aliphatic rings. The van der Waals surface area contributed by atoms with Gasteiger partial charge in [0.15, 0.2) is 16.9 Å². The van der Waals surface area contributed by atoms with Crippen LogP contribution in [0.5, 0.6) is 11.5 Å². The molecule has 1 aromatic heterocycles. The molecule has 1 saturated heterocycles. The van der Waals surface area contributed by atoms with Gasteiger partial charge in [0.25, 0.3) is 5.91 Å². The monoisotopic (exact) mass is 727 g/mol. The van der Waals surface area contributed by atoms with Crippen LogP contribution in [-0.2, 0) is 22.5 Å². The Balaban J connectivity index is 1.23. The number of anilines is 1. The third-order valence-corrected chi connectivity index (χ3v) is 9.96. The van der Waals surface area contributed by atoms with E-state index in [2.05, 4.69) is 10.3 Å². The minimum atomic E-state index is -3.05. The molecule has 49 heavy (non-hydrogen) atoms. The molecule has 4 aromatic rings. The van der Waals surface area contributed by atoms with Crippen molar-refractivity contribution in [1.29, 1.82) is 0 Å². The summed E-state index contributed by atoms with van der Waals surface area (Å²) in [6, 6.07) is 21.4. The topological polar surface area (TPSA) is 90.0 Å². The van der Waals surface area contributed by atoms with Crippen molar-refractivity contribution in [2.24, 2.45) is 5.92 Å². The van der Waals surface area contributed by atoms with E-state index in [0.717, 1.165) is 24.1 Å². The second-order valence-corrected chi connectivity index (χ2v) is 13.7. The number of halogens is 4. The maximum absolute atomic E-state index is 13.9. The summed E-state index contributed by atoms with van der Waals surface area (Å²) in [4.78, 5) is 33.2. The normalized spacial score (nSPS) is 16.3. The summed E-state index contributed by atoms with van der Waals surface area (Å²) in [5.41, 5.74) is 3.25. The Morgan fingerprint density at radius 2 is 1.76 bits per heavy atom. The highest BCUT2D eigenvalue weighted by atomic mass is 35.5. The van der Waals surface area contributed by atoms with Crippen molar-refractivity contribution in [3.05, 3.63) is 117 Å². The zero-order chi connectivity index (χ0) is 34.3. The minimum absolute atomic E-state index is 0.0465. The first-order valence-electron chi connectivity index (χ1n) is 15.8. The molecule has 2 heterocycles. The highest BCUT2D eigenvalue weighted by Crippen LogP contribution is 2.39. The summed E-state index contributed by atoms with van der Waals surface area (Å²) in [6.07, 6.45) is 3.93. The molecular formula is C36H33Cl2F2N3O5S. The van der Waals surface area contributed by atoms with Crippen LogP contribution in [-0.4, -0.2) is 52.7 Å². The second-order valence-electron chi connectivity index (χ2n) is 11.7. The van der Waals surface area contributed by atoms with E-state index in [9.17, 15) is 18.4 Å². The van der Waals surface area contributed by atoms with E-state index < -0.39 is 24.1 Å². The number of carbonyl (C=O) groups is 2. The summed E-state index contributed by atoms with van der Waals surface area (Å²) < 4.78 is 43.2.